The van der Waals surface area contributed by atoms with Gasteiger partial charge in [-0.15, -0.1) is 11.3 Å². The van der Waals surface area contributed by atoms with Crippen LogP contribution in [-0.4, -0.2) is 53.8 Å². The number of thiophene rings is 1. The number of nitrogens with zero attached hydrogens (tertiary/aromatic N) is 2. The monoisotopic (exact) mass is 496 g/mol. The summed E-state index contributed by atoms with van der Waals surface area (Å²) in [7, 11) is 0. The van der Waals surface area contributed by atoms with Crippen LogP contribution in [0.1, 0.15) is 31.2 Å². The summed E-state index contributed by atoms with van der Waals surface area (Å²) in [5.74, 6) is -0.179. The molecule has 4 rings (SSSR count). The van der Waals surface area contributed by atoms with Crippen molar-refractivity contribution in [1.82, 2.24) is 15.1 Å². The van der Waals surface area contributed by atoms with Gasteiger partial charge in [0.2, 0.25) is 0 Å². The third-order valence-corrected chi connectivity index (χ3v) is 6.95. The van der Waals surface area contributed by atoms with E-state index in [1.807, 2.05) is 42.6 Å². The van der Waals surface area contributed by atoms with Crippen molar-refractivity contribution in [3.63, 3.8) is 0 Å². The van der Waals surface area contributed by atoms with E-state index in [2.05, 4.69) is 10.6 Å². The first kappa shape index (κ1) is 23.8. The number of anilines is 1. The molecule has 7 nitrogen and oxygen atoms in total. The number of aryl methyl sites for hydroxylation is 1. The van der Waals surface area contributed by atoms with Gasteiger partial charge in [-0.25, -0.2) is 4.79 Å². The normalized spacial score (nSPS) is 13.5. The lowest BCUT2D eigenvalue weighted by atomic mass is 10.1. The molecule has 0 atom stereocenters. The van der Waals surface area contributed by atoms with Crippen LogP contribution in [0.25, 0.3) is 0 Å². The molecule has 0 spiro atoms. The van der Waals surface area contributed by atoms with Crippen LogP contribution in [-0.2, 0) is 6.54 Å². The molecule has 176 valence electrons. The summed E-state index contributed by atoms with van der Waals surface area (Å²) in [5.41, 5.74) is 3.09. The topological polar surface area (TPSA) is 81.8 Å². The fraction of sp³-hybridized carbons (Fsp3) is 0.240. The van der Waals surface area contributed by atoms with Gasteiger partial charge in [0.05, 0.1) is 4.88 Å². The molecule has 0 unspecified atom stereocenters. The summed E-state index contributed by atoms with van der Waals surface area (Å²) in [6, 6.07) is 16.1. The van der Waals surface area contributed by atoms with Gasteiger partial charge in [-0.05, 0) is 53.8 Å². The summed E-state index contributed by atoms with van der Waals surface area (Å²) in [6.07, 6.45) is 0. The quantitative estimate of drug-likeness (QED) is 0.540. The molecule has 1 aromatic heterocycles. The maximum absolute atomic E-state index is 12.9. The van der Waals surface area contributed by atoms with Gasteiger partial charge in [0.25, 0.3) is 11.8 Å². The lowest BCUT2D eigenvalue weighted by Crippen LogP contribution is -2.51. The average Bonchev–Trinajstić information content (AvgIpc) is 3.40. The molecule has 0 bridgehead atoms. The van der Waals surface area contributed by atoms with Crippen LogP contribution in [0.2, 0.25) is 5.02 Å². The molecule has 3 aromatic rings. The molecule has 1 aliphatic heterocycles. The molecule has 2 N–H and O–H groups in total. The highest BCUT2D eigenvalue weighted by Crippen LogP contribution is 2.20. The summed E-state index contributed by atoms with van der Waals surface area (Å²) >= 11 is 7.53. The second kappa shape index (κ2) is 10.7. The van der Waals surface area contributed by atoms with E-state index in [1.54, 1.807) is 34.1 Å². The molecular weight excluding hydrogens is 472 g/mol. The molecule has 9 heteroatoms. The van der Waals surface area contributed by atoms with Crippen LogP contribution in [0.5, 0.6) is 0 Å². The first-order valence-corrected chi connectivity index (χ1v) is 12.2. The second-order valence-corrected chi connectivity index (χ2v) is 9.39. The Balaban J connectivity index is 1.26. The number of benzene rings is 2. The van der Waals surface area contributed by atoms with E-state index in [0.29, 0.717) is 53.9 Å². The highest BCUT2D eigenvalue weighted by molar-refractivity contribution is 7.12. The van der Waals surface area contributed by atoms with Crippen molar-refractivity contribution < 1.29 is 14.4 Å². The van der Waals surface area contributed by atoms with E-state index >= 15 is 0 Å². The van der Waals surface area contributed by atoms with Gasteiger partial charge in [0.1, 0.15) is 0 Å². The third kappa shape index (κ3) is 5.76. The van der Waals surface area contributed by atoms with Crippen LogP contribution in [0.4, 0.5) is 10.5 Å². The molecule has 1 fully saturated rings. The molecule has 34 heavy (non-hydrogen) atoms. The predicted octanol–water partition coefficient (Wildman–Crippen LogP) is 4.63. The minimum absolute atomic E-state index is 0.0699. The molecule has 4 amide bonds. The lowest BCUT2D eigenvalue weighted by molar-refractivity contribution is 0.0671. The molecule has 0 radical (unpaired) electrons. The van der Waals surface area contributed by atoms with E-state index in [9.17, 15) is 14.4 Å². The Morgan fingerprint density at radius 1 is 0.971 bits per heavy atom. The zero-order chi connectivity index (χ0) is 24.1. The van der Waals surface area contributed by atoms with Crippen LogP contribution in [0.15, 0.2) is 60.0 Å². The molecule has 2 aromatic carbocycles. The van der Waals surface area contributed by atoms with E-state index < -0.39 is 0 Å². The summed E-state index contributed by atoms with van der Waals surface area (Å²) in [5, 5.41) is 8.20. The maximum atomic E-state index is 12.9. The Morgan fingerprint density at radius 2 is 1.68 bits per heavy atom. The molecule has 1 saturated heterocycles. The Labute approximate surface area is 207 Å². The second-order valence-electron chi connectivity index (χ2n) is 8.03. The lowest BCUT2D eigenvalue weighted by Gasteiger charge is -2.34. The number of amides is 4. The Kier molecular flexibility index (Phi) is 7.49. The smallest absolute Gasteiger partial charge is 0.321 e. The van der Waals surface area contributed by atoms with Crippen LogP contribution < -0.4 is 10.6 Å². The number of carbonyl (C=O) groups excluding carboxylic acids is 3. The van der Waals surface area contributed by atoms with E-state index in [4.69, 9.17) is 11.6 Å². The summed E-state index contributed by atoms with van der Waals surface area (Å²) < 4.78 is 0. The van der Waals surface area contributed by atoms with Gasteiger partial charge in [-0.1, -0.05) is 35.9 Å². The number of piperazine rings is 1. The SMILES string of the molecule is Cc1ccc(NC(=O)N2CCN(C(=O)c3ccc(CNC(=O)c4cccs4)cc3)CC2)cc1Cl. The van der Waals surface area contributed by atoms with Gasteiger partial charge < -0.3 is 20.4 Å². The molecule has 1 aliphatic rings. The first-order valence-electron chi connectivity index (χ1n) is 10.9. The maximum Gasteiger partial charge on any atom is 0.321 e. The molecule has 0 saturated carbocycles. The number of urea groups is 1. The first-order chi connectivity index (χ1) is 16.4. The predicted molar refractivity (Wildman–Crippen MR) is 135 cm³/mol. The summed E-state index contributed by atoms with van der Waals surface area (Å²) in [6.45, 7) is 4.11. The Morgan fingerprint density at radius 3 is 2.32 bits per heavy atom. The summed E-state index contributed by atoms with van der Waals surface area (Å²) in [4.78, 5) is 41.6. The average molecular weight is 497 g/mol. The zero-order valence-corrected chi connectivity index (χ0v) is 20.3. The van der Waals surface area contributed by atoms with Crippen LogP contribution in [0, 0.1) is 6.92 Å². The number of carbonyl (C=O) groups is 3. The highest BCUT2D eigenvalue weighted by atomic mass is 35.5. The van der Waals surface area contributed by atoms with Gasteiger partial charge >= 0.3 is 6.03 Å². The zero-order valence-electron chi connectivity index (χ0n) is 18.7. The molecular formula is C25H25ClN4O3S. The van der Waals surface area contributed by atoms with Crippen molar-refractivity contribution in [1.29, 1.82) is 0 Å². The number of nitrogens with one attached hydrogen (secondary N) is 2. The van der Waals surface area contributed by atoms with Crippen molar-refractivity contribution in [3.05, 3.63) is 86.6 Å². The van der Waals surface area contributed by atoms with Crippen molar-refractivity contribution in [2.45, 2.75) is 13.5 Å². The van der Waals surface area contributed by atoms with Crippen LogP contribution >= 0.6 is 22.9 Å². The molecule has 2 heterocycles. The largest absolute Gasteiger partial charge is 0.347 e. The number of hydrogen-bond donors (Lipinski definition) is 2. The minimum atomic E-state index is -0.207. The van der Waals surface area contributed by atoms with E-state index in [-0.39, 0.29) is 17.8 Å². The van der Waals surface area contributed by atoms with Crippen molar-refractivity contribution in [2.24, 2.45) is 0 Å². The minimum Gasteiger partial charge on any atom is -0.347 e. The Bertz CT molecular complexity index is 1170. The number of halogens is 1. The van der Waals surface area contributed by atoms with Gasteiger partial charge in [0.15, 0.2) is 0 Å². The molecule has 0 aliphatic carbocycles. The highest BCUT2D eigenvalue weighted by Gasteiger charge is 2.25. The Hall–Kier alpha value is -3.36. The number of rotatable bonds is 5. The van der Waals surface area contributed by atoms with Crippen molar-refractivity contribution in [2.75, 3.05) is 31.5 Å². The van der Waals surface area contributed by atoms with Gasteiger partial charge in [-0.2, -0.15) is 0 Å². The fourth-order valence-corrected chi connectivity index (χ4v) is 4.43. The standard InChI is InChI=1S/C25H25ClN4O3S/c1-17-4-9-20(15-21(17)26)28-25(33)30-12-10-29(11-13-30)24(32)19-7-5-18(6-8-19)16-27-23(31)22-3-2-14-34-22/h2-9,14-15H,10-13,16H2,1H3,(H,27,31)(H,28,33). The third-order valence-electron chi connectivity index (χ3n) is 5.68. The fourth-order valence-electron chi connectivity index (χ4n) is 3.61. The van der Waals surface area contributed by atoms with E-state index in [0.717, 1.165) is 11.1 Å². The van der Waals surface area contributed by atoms with Crippen molar-refractivity contribution >= 4 is 46.5 Å². The number of hydrogen-bond acceptors (Lipinski definition) is 4. The van der Waals surface area contributed by atoms with Gasteiger partial charge in [-0.3, -0.25) is 9.59 Å². The van der Waals surface area contributed by atoms with Crippen LogP contribution in [0.3, 0.4) is 0 Å². The van der Waals surface area contributed by atoms with Crippen molar-refractivity contribution in [3.8, 4) is 0 Å². The van der Waals surface area contributed by atoms with E-state index in [1.165, 1.54) is 11.3 Å². The van der Waals surface area contributed by atoms with Gasteiger partial charge in [0, 0.05) is 49.0 Å².